The van der Waals surface area contributed by atoms with Crippen LogP contribution in [0.3, 0.4) is 0 Å². The predicted octanol–water partition coefficient (Wildman–Crippen LogP) is 4.26. The van der Waals surface area contributed by atoms with Crippen molar-refractivity contribution in [3.05, 3.63) is 83.4 Å². The number of rotatable bonds is 6. The molecule has 0 fully saturated rings. The van der Waals surface area contributed by atoms with E-state index < -0.39 is 6.61 Å². The van der Waals surface area contributed by atoms with E-state index in [0.717, 1.165) is 28.1 Å². The van der Waals surface area contributed by atoms with E-state index in [0.29, 0.717) is 17.6 Å². The molecule has 0 bridgehead atoms. The molecule has 158 valence electrons. The van der Waals surface area contributed by atoms with E-state index in [2.05, 4.69) is 20.0 Å². The second-order valence-electron chi connectivity index (χ2n) is 7.02. The predicted molar refractivity (Wildman–Crippen MR) is 112 cm³/mol. The van der Waals surface area contributed by atoms with Crippen LogP contribution in [0.2, 0.25) is 0 Å². The number of alkyl halides is 2. The number of hydrogen-bond donors (Lipinski definition) is 1. The fourth-order valence-corrected chi connectivity index (χ4v) is 3.54. The average molecular weight is 422 g/mol. The van der Waals surface area contributed by atoms with Gasteiger partial charge in [0, 0.05) is 37.0 Å². The molecule has 0 radical (unpaired) electrons. The molecule has 0 saturated heterocycles. The lowest BCUT2D eigenvalue weighted by Gasteiger charge is -2.09. The summed E-state index contributed by atoms with van der Waals surface area (Å²) in [6.07, 6.45) is 5.79. The molecule has 31 heavy (non-hydrogen) atoms. The molecule has 0 aliphatic heterocycles. The number of aromatic nitrogens is 3. The van der Waals surface area contributed by atoms with E-state index in [9.17, 15) is 13.6 Å². The molecule has 1 amide bonds. The van der Waals surface area contributed by atoms with Gasteiger partial charge in [-0.2, -0.15) is 8.78 Å². The van der Waals surface area contributed by atoms with E-state index in [-0.39, 0.29) is 11.7 Å². The van der Waals surface area contributed by atoms with Gasteiger partial charge in [0.15, 0.2) is 5.65 Å². The highest BCUT2D eigenvalue weighted by Crippen LogP contribution is 2.25. The number of hydrogen-bond acceptors (Lipinski definition) is 4. The van der Waals surface area contributed by atoms with Gasteiger partial charge in [0.05, 0.1) is 17.6 Å². The molecular formula is C23H20F2N4O2. The Hall–Kier alpha value is -3.81. The van der Waals surface area contributed by atoms with Gasteiger partial charge in [-0.15, -0.1) is 0 Å². The number of halogens is 2. The Balaban J connectivity index is 1.63. The molecular weight excluding hydrogens is 402 g/mol. The van der Waals surface area contributed by atoms with E-state index in [4.69, 9.17) is 0 Å². The molecule has 0 unspecified atom stereocenters. The van der Waals surface area contributed by atoms with Crippen LogP contribution in [0.15, 0.2) is 61.1 Å². The monoisotopic (exact) mass is 422 g/mol. The molecule has 2 aromatic carbocycles. The number of aryl methyl sites for hydroxylation is 1. The third-order valence-corrected chi connectivity index (χ3v) is 5.01. The highest BCUT2D eigenvalue weighted by Gasteiger charge is 2.13. The van der Waals surface area contributed by atoms with Crippen LogP contribution in [-0.4, -0.2) is 33.9 Å². The molecule has 1 N–H and O–H groups in total. The summed E-state index contributed by atoms with van der Waals surface area (Å²) in [6.45, 7) is -0.957. The number of fused-ring (bicyclic) bond motifs is 1. The number of nitrogens with zero attached hydrogens (tertiary/aromatic N) is 3. The van der Waals surface area contributed by atoms with Crippen LogP contribution in [0, 0.1) is 6.92 Å². The van der Waals surface area contributed by atoms with Crippen LogP contribution in [0.25, 0.3) is 16.9 Å². The lowest BCUT2D eigenvalue weighted by Crippen LogP contribution is -2.19. The first kappa shape index (κ1) is 20.5. The Kier molecular flexibility index (Phi) is 5.62. The van der Waals surface area contributed by atoms with Crippen LogP contribution in [0.5, 0.6) is 5.75 Å². The molecule has 0 atom stereocenters. The van der Waals surface area contributed by atoms with Gasteiger partial charge in [0.2, 0.25) is 0 Å². The molecule has 0 spiro atoms. The van der Waals surface area contributed by atoms with Crippen molar-refractivity contribution in [2.75, 3.05) is 7.05 Å². The van der Waals surface area contributed by atoms with Gasteiger partial charge >= 0.3 is 6.61 Å². The molecule has 4 aromatic rings. The third kappa shape index (κ3) is 4.23. The van der Waals surface area contributed by atoms with Crippen LogP contribution < -0.4 is 10.1 Å². The van der Waals surface area contributed by atoms with Gasteiger partial charge in [0.25, 0.3) is 5.91 Å². The lowest BCUT2D eigenvalue weighted by atomic mass is 10.0. The van der Waals surface area contributed by atoms with E-state index >= 15 is 0 Å². The minimum Gasteiger partial charge on any atom is -0.435 e. The first-order valence-corrected chi connectivity index (χ1v) is 9.64. The summed E-state index contributed by atoms with van der Waals surface area (Å²) in [6, 6.07) is 12.1. The van der Waals surface area contributed by atoms with Gasteiger partial charge in [-0.3, -0.25) is 14.2 Å². The molecule has 0 saturated carbocycles. The molecule has 0 aliphatic rings. The number of nitrogens with one attached hydrogen (secondary N) is 1. The first-order valence-electron chi connectivity index (χ1n) is 9.64. The van der Waals surface area contributed by atoms with Crippen molar-refractivity contribution in [1.29, 1.82) is 0 Å². The van der Waals surface area contributed by atoms with Crippen molar-refractivity contribution >= 4 is 11.6 Å². The van der Waals surface area contributed by atoms with Crippen molar-refractivity contribution in [3.63, 3.8) is 0 Å². The number of carbonyl (C=O) groups is 1. The average Bonchev–Trinajstić information content (AvgIpc) is 3.19. The molecule has 2 heterocycles. The highest BCUT2D eigenvalue weighted by molar-refractivity contribution is 5.95. The maximum absolute atomic E-state index is 12.4. The summed E-state index contributed by atoms with van der Waals surface area (Å²) in [5.74, 6) is -0.0161. The summed E-state index contributed by atoms with van der Waals surface area (Å²) in [5.41, 5.74) is 5.67. The molecule has 6 nitrogen and oxygen atoms in total. The lowest BCUT2D eigenvalue weighted by molar-refractivity contribution is -0.0498. The Labute approximate surface area is 177 Å². The minimum atomic E-state index is -2.86. The van der Waals surface area contributed by atoms with Gasteiger partial charge in [-0.25, -0.2) is 4.98 Å². The summed E-state index contributed by atoms with van der Waals surface area (Å²) in [5, 5.41) is 2.64. The fraction of sp³-hybridized carbons (Fsp3) is 0.174. The minimum absolute atomic E-state index is 0.102. The summed E-state index contributed by atoms with van der Waals surface area (Å²) in [4.78, 5) is 20.9. The summed E-state index contributed by atoms with van der Waals surface area (Å²) in [7, 11) is 1.61. The first-order chi connectivity index (χ1) is 15.0. The van der Waals surface area contributed by atoms with E-state index in [1.165, 1.54) is 12.1 Å². The SMILES string of the molecule is CNC(=O)c1ccc(Cc2nccn3c(-c4ccc(OC(F)F)cc4)cnc23)cc1C. The number of imidazole rings is 1. The van der Waals surface area contributed by atoms with Crippen LogP contribution in [0.4, 0.5) is 8.78 Å². The fourth-order valence-electron chi connectivity index (χ4n) is 3.54. The van der Waals surface area contributed by atoms with Crippen LogP contribution in [0.1, 0.15) is 27.2 Å². The summed E-state index contributed by atoms with van der Waals surface area (Å²) >= 11 is 0. The Bertz CT molecular complexity index is 1240. The molecule has 2 aromatic heterocycles. The molecule has 0 aliphatic carbocycles. The summed E-state index contributed by atoms with van der Waals surface area (Å²) < 4.78 is 31.1. The smallest absolute Gasteiger partial charge is 0.387 e. The highest BCUT2D eigenvalue weighted by atomic mass is 19.3. The quantitative estimate of drug-likeness (QED) is 0.504. The van der Waals surface area contributed by atoms with Crippen molar-refractivity contribution in [2.45, 2.75) is 20.0 Å². The number of ether oxygens (including phenoxy) is 1. The zero-order valence-electron chi connectivity index (χ0n) is 17.0. The van der Waals surface area contributed by atoms with E-state index in [1.54, 1.807) is 31.6 Å². The number of amides is 1. The zero-order valence-corrected chi connectivity index (χ0v) is 17.0. The van der Waals surface area contributed by atoms with Gasteiger partial charge in [0.1, 0.15) is 5.75 Å². The molecule has 4 rings (SSSR count). The largest absolute Gasteiger partial charge is 0.435 e. The third-order valence-electron chi connectivity index (χ3n) is 5.01. The van der Waals surface area contributed by atoms with Crippen molar-refractivity contribution in [3.8, 4) is 17.0 Å². The standard InChI is InChI=1S/C23H20F2N4O2/c1-14-11-15(3-8-18(14)22(30)26-2)12-19-21-28-13-20(29(21)10-9-27-19)16-4-6-17(7-5-16)31-23(24)25/h3-11,13,23H,12H2,1-2H3,(H,26,30). The zero-order chi connectivity index (χ0) is 22.0. The maximum Gasteiger partial charge on any atom is 0.387 e. The second kappa shape index (κ2) is 8.51. The van der Waals surface area contributed by atoms with Crippen molar-refractivity contribution in [2.24, 2.45) is 0 Å². The van der Waals surface area contributed by atoms with E-state index in [1.807, 2.05) is 35.7 Å². The van der Waals surface area contributed by atoms with Crippen LogP contribution in [-0.2, 0) is 6.42 Å². The number of benzene rings is 2. The maximum atomic E-state index is 12.4. The van der Waals surface area contributed by atoms with Crippen molar-refractivity contribution < 1.29 is 18.3 Å². The van der Waals surface area contributed by atoms with Crippen LogP contribution >= 0.6 is 0 Å². The number of carbonyl (C=O) groups excluding carboxylic acids is 1. The normalized spacial score (nSPS) is 11.1. The second-order valence-corrected chi connectivity index (χ2v) is 7.02. The van der Waals surface area contributed by atoms with Gasteiger partial charge < -0.3 is 10.1 Å². The van der Waals surface area contributed by atoms with Gasteiger partial charge in [-0.1, -0.05) is 12.1 Å². The van der Waals surface area contributed by atoms with Crippen molar-refractivity contribution in [1.82, 2.24) is 19.7 Å². The Morgan fingerprint density at radius 1 is 1.16 bits per heavy atom. The Morgan fingerprint density at radius 3 is 2.61 bits per heavy atom. The molecule has 8 heteroatoms. The Morgan fingerprint density at radius 2 is 1.94 bits per heavy atom. The topological polar surface area (TPSA) is 68.5 Å². The van der Waals surface area contributed by atoms with Gasteiger partial charge in [-0.05, 0) is 48.4 Å².